The Labute approximate surface area is 145 Å². The average Bonchev–Trinajstić information content (AvgIpc) is 3.10. The molecule has 0 spiro atoms. The summed E-state index contributed by atoms with van der Waals surface area (Å²) in [5.41, 5.74) is 3.84. The van der Waals surface area contributed by atoms with Crippen molar-refractivity contribution in [2.24, 2.45) is 0 Å². The zero-order valence-corrected chi connectivity index (χ0v) is 14.5. The maximum Gasteiger partial charge on any atom is 0.257 e. The van der Waals surface area contributed by atoms with Crippen LogP contribution in [0.1, 0.15) is 42.1 Å². The molecule has 0 saturated heterocycles. The number of pyridine rings is 1. The maximum atomic E-state index is 12.1. The largest absolute Gasteiger partial charge is 0.298 e. The fourth-order valence-electron chi connectivity index (χ4n) is 2.35. The third-order valence-corrected chi connectivity index (χ3v) is 4.81. The van der Waals surface area contributed by atoms with Crippen LogP contribution >= 0.6 is 11.3 Å². The third kappa shape index (κ3) is 3.68. The molecule has 1 amide bonds. The van der Waals surface area contributed by atoms with Crippen molar-refractivity contribution in [2.45, 2.75) is 26.2 Å². The van der Waals surface area contributed by atoms with E-state index in [0.717, 1.165) is 17.7 Å². The van der Waals surface area contributed by atoms with Crippen molar-refractivity contribution in [3.8, 4) is 11.3 Å². The molecule has 3 rings (SSSR count). The predicted octanol–water partition coefficient (Wildman–Crippen LogP) is 4.97. The van der Waals surface area contributed by atoms with Gasteiger partial charge in [-0.25, -0.2) is 4.98 Å². The van der Waals surface area contributed by atoms with Crippen LogP contribution < -0.4 is 5.32 Å². The van der Waals surface area contributed by atoms with E-state index in [1.54, 1.807) is 24.5 Å². The minimum absolute atomic E-state index is 0.176. The van der Waals surface area contributed by atoms with E-state index in [0.29, 0.717) is 16.6 Å². The van der Waals surface area contributed by atoms with Gasteiger partial charge < -0.3 is 0 Å². The van der Waals surface area contributed by atoms with Gasteiger partial charge in [0.1, 0.15) is 0 Å². The Hall–Kier alpha value is -2.53. The molecule has 0 bridgehead atoms. The molecule has 0 fully saturated rings. The standard InChI is InChI=1S/C19H19N3OS/c1-3-13(2)14-4-6-15(7-5-14)17-12-24-19(21-17)22-18(23)16-8-10-20-11-9-16/h4-13H,3H2,1-2H3,(H,21,22,23)/t13-/m1/s1. The molecule has 24 heavy (non-hydrogen) atoms. The van der Waals surface area contributed by atoms with Gasteiger partial charge in [-0.1, -0.05) is 38.1 Å². The summed E-state index contributed by atoms with van der Waals surface area (Å²) in [7, 11) is 0. The lowest BCUT2D eigenvalue weighted by atomic mass is 9.97. The van der Waals surface area contributed by atoms with Gasteiger partial charge in [0.25, 0.3) is 5.91 Å². The molecule has 0 aliphatic heterocycles. The summed E-state index contributed by atoms with van der Waals surface area (Å²) in [5, 5.41) is 5.38. The van der Waals surface area contributed by atoms with Crippen LogP contribution in [-0.4, -0.2) is 15.9 Å². The SMILES string of the molecule is CC[C@@H](C)c1ccc(-c2csc(NC(=O)c3ccncc3)n2)cc1. The number of hydrogen-bond acceptors (Lipinski definition) is 4. The van der Waals surface area contributed by atoms with Crippen molar-refractivity contribution in [1.29, 1.82) is 0 Å². The van der Waals surface area contributed by atoms with Crippen molar-refractivity contribution in [3.63, 3.8) is 0 Å². The highest BCUT2D eigenvalue weighted by Crippen LogP contribution is 2.27. The molecule has 0 aliphatic carbocycles. The van der Waals surface area contributed by atoms with E-state index in [2.05, 4.69) is 53.4 Å². The normalized spacial score (nSPS) is 11.9. The number of hydrogen-bond donors (Lipinski definition) is 1. The van der Waals surface area contributed by atoms with Crippen LogP contribution in [0.3, 0.4) is 0 Å². The van der Waals surface area contributed by atoms with Crippen LogP contribution in [0.2, 0.25) is 0 Å². The van der Waals surface area contributed by atoms with E-state index in [4.69, 9.17) is 0 Å². The van der Waals surface area contributed by atoms with Gasteiger partial charge in [0.15, 0.2) is 5.13 Å². The zero-order valence-electron chi connectivity index (χ0n) is 13.7. The van der Waals surface area contributed by atoms with Crippen LogP contribution in [0.15, 0.2) is 54.2 Å². The number of rotatable bonds is 5. The van der Waals surface area contributed by atoms with Gasteiger partial charge in [-0.2, -0.15) is 0 Å². The molecule has 2 heterocycles. The molecule has 4 nitrogen and oxygen atoms in total. The first-order valence-corrected chi connectivity index (χ1v) is 8.82. The number of nitrogens with one attached hydrogen (secondary N) is 1. The van der Waals surface area contributed by atoms with Crippen LogP contribution in [-0.2, 0) is 0 Å². The van der Waals surface area contributed by atoms with Gasteiger partial charge in [0, 0.05) is 28.9 Å². The molecule has 1 atom stereocenters. The van der Waals surface area contributed by atoms with Crippen molar-refractivity contribution < 1.29 is 4.79 Å². The summed E-state index contributed by atoms with van der Waals surface area (Å²) in [6.45, 7) is 4.42. The van der Waals surface area contributed by atoms with Gasteiger partial charge in [-0.15, -0.1) is 11.3 Å². The third-order valence-electron chi connectivity index (χ3n) is 4.06. The lowest BCUT2D eigenvalue weighted by Gasteiger charge is -2.08. The minimum Gasteiger partial charge on any atom is -0.298 e. The molecule has 1 N–H and O–H groups in total. The highest BCUT2D eigenvalue weighted by molar-refractivity contribution is 7.14. The summed E-state index contributed by atoms with van der Waals surface area (Å²) in [5.74, 6) is 0.384. The van der Waals surface area contributed by atoms with E-state index in [9.17, 15) is 4.79 Å². The van der Waals surface area contributed by atoms with Crippen LogP contribution in [0.25, 0.3) is 11.3 Å². The second kappa shape index (κ2) is 7.36. The summed E-state index contributed by atoms with van der Waals surface area (Å²) >= 11 is 1.42. The fraction of sp³-hybridized carbons (Fsp3) is 0.211. The average molecular weight is 337 g/mol. The quantitative estimate of drug-likeness (QED) is 0.715. The predicted molar refractivity (Wildman–Crippen MR) is 98.4 cm³/mol. The second-order valence-corrected chi connectivity index (χ2v) is 6.52. The topological polar surface area (TPSA) is 54.9 Å². The van der Waals surface area contributed by atoms with E-state index < -0.39 is 0 Å². The number of anilines is 1. The van der Waals surface area contributed by atoms with Crippen LogP contribution in [0, 0.1) is 0 Å². The number of nitrogens with zero attached hydrogens (tertiary/aromatic N) is 2. The van der Waals surface area contributed by atoms with Gasteiger partial charge in [-0.3, -0.25) is 15.1 Å². The summed E-state index contributed by atoms with van der Waals surface area (Å²) in [4.78, 5) is 20.6. The molecule has 122 valence electrons. The Kier molecular flexibility index (Phi) is 5.01. The first-order valence-electron chi connectivity index (χ1n) is 7.94. The van der Waals surface area contributed by atoms with Crippen molar-refractivity contribution >= 4 is 22.4 Å². The molecular weight excluding hydrogens is 318 g/mol. The highest BCUT2D eigenvalue weighted by atomic mass is 32.1. The molecular formula is C19H19N3OS. The Morgan fingerprint density at radius 3 is 2.54 bits per heavy atom. The van der Waals surface area contributed by atoms with E-state index in [1.807, 2.05) is 5.38 Å². The van der Waals surface area contributed by atoms with Gasteiger partial charge in [-0.05, 0) is 30.0 Å². The first-order chi connectivity index (χ1) is 11.7. The molecule has 0 unspecified atom stereocenters. The second-order valence-electron chi connectivity index (χ2n) is 5.66. The van der Waals surface area contributed by atoms with E-state index in [1.165, 1.54) is 16.9 Å². The monoisotopic (exact) mass is 337 g/mol. The number of aromatic nitrogens is 2. The molecule has 3 aromatic rings. The van der Waals surface area contributed by atoms with E-state index in [-0.39, 0.29) is 5.91 Å². The summed E-state index contributed by atoms with van der Waals surface area (Å²) in [6.07, 6.45) is 4.32. The van der Waals surface area contributed by atoms with Crippen molar-refractivity contribution in [2.75, 3.05) is 5.32 Å². The molecule has 5 heteroatoms. The zero-order chi connectivity index (χ0) is 16.9. The van der Waals surface area contributed by atoms with Crippen LogP contribution in [0.4, 0.5) is 5.13 Å². The number of benzene rings is 1. The van der Waals surface area contributed by atoms with E-state index >= 15 is 0 Å². The highest BCUT2D eigenvalue weighted by Gasteiger charge is 2.10. The molecule has 0 radical (unpaired) electrons. The van der Waals surface area contributed by atoms with Crippen LogP contribution in [0.5, 0.6) is 0 Å². The lowest BCUT2D eigenvalue weighted by molar-refractivity contribution is 0.102. The lowest BCUT2D eigenvalue weighted by Crippen LogP contribution is -2.11. The molecule has 1 aromatic carbocycles. The van der Waals surface area contributed by atoms with Crippen molar-refractivity contribution in [1.82, 2.24) is 9.97 Å². The number of thiazole rings is 1. The Morgan fingerprint density at radius 1 is 1.17 bits per heavy atom. The minimum atomic E-state index is -0.176. The Morgan fingerprint density at radius 2 is 1.88 bits per heavy atom. The smallest absolute Gasteiger partial charge is 0.257 e. The Balaban J connectivity index is 1.72. The maximum absolute atomic E-state index is 12.1. The molecule has 0 aliphatic rings. The van der Waals surface area contributed by atoms with Gasteiger partial charge >= 0.3 is 0 Å². The number of carbonyl (C=O) groups excluding carboxylic acids is 1. The fourth-order valence-corrected chi connectivity index (χ4v) is 3.07. The summed E-state index contributed by atoms with van der Waals surface area (Å²) < 4.78 is 0. The Bertz CT molecular complexity index is 812. The number of carbonyl (C=O) groups is 1. The molecule has 0 saturated carbocycles. The number of amides is 1. The van der Waals surface area contributed by atoms with Gasteiger partial charge in [0.05, 0.1) is 5.69 Å². The van der Waals surface area contributed by atoms with Crippen molar-refractivity contribution in [3.05, 3.63) is 65.3 Å². The first kappa shape index (κ1) is 16.3. The van der Waals surface area contributed by atoms with Gasteiger partial charge in [0.2, 0.25) is 0 Å². The summed E-state index contributed by atoms with van der Waals surface area (Å²) in [6, 6.07) is 11.8. The molecule has 2 aromatic heterocycles.